The van der Waals surface area contributed by atoms with Crippen LogP contribution >= 0.6 is 0 Å². The van der Waals surface area contributed by atoms with Crippen LogP contribution in [0, 0.1) is 11.6 Å². The summed E-state index contributed by atoms with van der Waals surface area (Å²) in [5, 5.41) is 3.06. The van der Waals surface area contributed by atoms with Crippen molar-refractivity contribution in [2.45, 2.75) is 12.5 Å². The van der Waals surface area contributed by atoms with Crippen LogP contribution in [0.4, 0.5) is 8.78 Å². The average molecular weight is 473 g/mol. The lowest BCUT2D eigenvalue weighted by Gasteiger charge is -2.35. The number of benzene rings is 2. The highest BCUT2D eigenvalue weighted by atomic mass is 19.1. The molecule has 0 aromatic heterocycles. The number of hydrogen-bond donors (Lipinski definition) is 1. The highest BCUT2D eigenvalue weighted by molar-refractivity contribution is 5.79. The Morgan fingerprint density at radius 2 is 1.24 bits per heavy atom. The number of ether oxygens (including phenoxy) is 1. The molecule has 6 nitrogen and oxygen atoms in total. The third-order valence-electron chi connectivity index (χ3n) is 6.60. The van der Waals surface area contributed by atoms with E-state index < -0.39 is 6.04 Å². The fourth-order valence-corrected chi connectivity index (χ4v) is 4.59. The first kappa shape index (κ1) is 24.7. The topological polar surface area (TPSA) is 48.1 Å². The number of piperazine rings is 1. The second kappa shape index (κ2) is 12.4. The third-order valence-corrected chi connectivity index (χ3v) is 6.60. The second-order valence-corrected chi connectivity index (χ2v) is 9.03. The van der Waals surface area contributed by atoms with Gasteiger partial charge < -0.3 is 15.0 Å². The van der Waals surface area contributed by atoms with Gasteiger partial charge in [-0.3, -0.25) is 14.6 Å². The summed E-state index contributed by atoms with van der Waals surface area (Å²) < 4.78 is 32.3. The second-order valence-electron chi connectivity index (χ2n) is 9.03. The lowest BCUT2D eigenvalue weighted by molar-refractivity contribution is -0.123. The standard InChI is InChI=1S/C26H34F2N4O2/c27-23-6-2-21(3-7-23)26(22-4-8-24(28)9-5-22)29-25(33)20-32-14-12-30(13-15-32)10-1-11-31-16-18-34-19-17-31/h2-9,26H,1,10-20H2,(H,29,33). The molecule has 0 aliphatic carbocycles. The van der Waals surface area contributed by atoms with E-state index in [0.717, 1.165) is 83.1 Å². The molecule has 2 aliphatic heterocycles. The van der Waals surface area contributed by atoms with Crippen molar-refractivity contribution < 1.29 is 18.3 Å². The predicted molar refractivity (Wildman–Crippen MR) is 128 cm³/mol. The Kier molecular flexibility index (Phi) is 8.98. The minimum atomic E-state index is -0.463. The van der Waals surface area contributed by atoms with Gasteiger partial charge in [-0.15, -0.1) is 0 Å². The van der Waals surface area contributed by atoms with Gasteiger partial charge in [0.25, 0.3) is 0 Å². The minimum absolute atomic E-state index is 0.0978. The van der Waals surface area contributed by atoms with Crippen molar-refractivity contribution in [2.24, 2.45) is 0 Å². The molecule has 2 saturated heterocycles. The molecule has 0 atom stereocenters. The minimum Gasteiger partial charge on any atom is -0.379 e. The molecule has 2 aromatic carbocycles. The smallest absolute Gasteiger partial charge is 0.234 e. The number of nitrogens with zero attached hydrogens (tertiary/aromatic N) is 3. The zero-order valence-corrected chi connectivity index (χ0v) is 19.6. The summed E-state index contributed by atoms with van der Waals surface area (Å²) in [4.78, 5) is 20.0. The molecule has 184 valence electrons. The van der Waals surface area contributed by atoms with Crippen LogP contribution in [0.25, 0.3) is 0 Å². The van der Waals surface area contributed by atoms with Crippen molar-refractivity contribution in [1.82, 2.24) is 20.0 Å². The summed E-state index contributed by atoms with van der Waals surface area (Å²) in [7, 11) is 0. The molecule has 8 heteroatoms. The Labute approximate surface area is 200 Å². The van der Waals surface area contributed by atoms with E-state index in [1.807, 2.05) is 0 Å². The van der Waals surface area contributed by atoms with E-state index in [4.69, 9.17) is 4.74 Å². The van der Waals surface area contributed by atoms with Crippen LogP contribution in [-0.2, 0) is 9.53 Å². The Bertz CT molecular complexity index is 851. The quantitative estimate of drug-likeness (QED) is 0.608. The van der Waals surface area contributed by atoms with Gasteiger partial charge in [0.2, 0.25) is 5.91 Å². The number of nitrogens with one attached hydrogen (secondary N) is 1. The molecule has 0 radical (unpaired) electrons. The maximum Gasteiger partial charge on any atom is 0.234 e. The van der Waals surface area contributed by atoms with E-state index in [1.165, 1.54) is 24.3 Å². The molecule has 2 aromatic rings. The van der Waals surface area contributed by atoms with E-state index in [0.29, 0.717) is 6.54 Å². The first-order valence-corrected chi connectivity index (χ1v) is 12.1. The number of morpholine rings is 1. The van der Waals surface area contributed by atoms with Crippen LogP contribution in [0.5, 0.6) is 0 Å². The van der Waals surface area contributed by atoms with E-state index in [1.54, 1.807) is 24.3 Å². The van der Waals surface area contributed by atoms with Crippen LogP contribution in [0.2, 0.25) is 0 Å². The lowest BCUT2D eigenvalue weighted by atomic mass is 9.98. The first-order chi connectivity index (χ1) is 16.6. The molecule has 34 heavy (non-hydrogen) atoms. The number of hydrogen-bond acceptors (Lipinski definition) is 5. The Morgan fingerprint density at radius 1 is 0.765 bits per heavy atom. The molecule has 0 bridgehead atoms. The molecular formula is C26H34F2N4O2. The number of carbonyl (C=O) groups is 1. The molecule has 2 fully saturated rings. The molecule has 0 unspecified atom stereocenters. The van der Waals surface area contributed by atoms with Crippen molar-refractivity contribution in [3.8, 4) is 0 Å². The Hall–Kier alpha value is -2.39. The van der Waals surface area contributed by atoms with Gasteiger partial charge in [-0.25, -0.2) is 8.78 Å². The van der Waals surface area contributed by atoms with Gasteiger partial charge in [0.1, 0.15) is 11.6 Å². The van der Waals surface area contributed by atoms with Gasteiger partial charge in [0.05, 0.1) is 25.8 Å². The van der Waals surface area contributed by atoms with Gasteiger partial charge in [0, 0.05) is 39.3 Å². The molecule has 0 spiro atoms. The predicted octanol–water partition coefficient (Wildman–Crippen LogP) is 2.51. The van der Waals surface area contributed by atoms with Gasteiger partial charge >= 0.3 is 0 Å². The van der Waals surface area contributed by atoms with Crippen molar-refractivity contribution in [2.75, 3.05) is 72.1 Å². The summed E-state index contributed by atoms with van der Waals surface area (Å²) in [6.45, 7) is 9.83. The SMILES string of the molecule is O=C(CN1CCN(CCCN2CCOCC2)CC1)NC(c1ccc(F)cc1)c1ccc(F)cc1. The fraction of sp³-hybridized carbons (Fsp3) is 0.500. The summed E-state index contributed by atoms with van der Waals surface area (Å²) in [6, 6.07) is 11.6. The van der Waals surface area contributed by atoms with Crippen LogP contribution in [0.1, 0.15) is 23.6 Å². The van der Waals surface area contributed by atoms with E-state index in [2.05, 4.69) is 20.0 Å². The van der Waals surface area contributed by atoms with E-state index in [9.17, 15) is 13.6 Å². The van der Waals surface area contributed by atoms with Gasteiger partial charge in [-0.05, 0) is 54.9 Å². The number of carbonyl (C=O) groups excluding carboxylic acids is 1. The largest absolute Gasteiger partial charge is 0.379 e. The van der Waals surface area contributed by atoms with Gasteiger partial charge in [0.15, 0.2) is 0 Å². The maximum atomic E-state index is 13.4. The summed E-state index contributed by atoms with van der Waals surface area (Å²) in [5.41, 5.74) is 1.51. The number of halogens is 2. The zero-order chi connectivity index (χ0) is 23.8. The number of rotatable bonds is 9. The molecule has 2 heterocycles. The van der Waals surface area contributed by atoms with Crippen LogP contribution in [-0.4, -0.2) is 92.7 Å². The number of amides is 1. The lowest BCUT2D eigenvalue weighted by Crippen LogP contribution is -2.50. The van der Waals surface area contributed by atoms with Crippen LogP contribution in [0.15, 0.2) is 48.5 Å². The molecule has 1 N–H and O–H groups in total. The molecular weight excluding hydrogens is 438 g/mol. The third kappa shape index (κ3) is 7.30. The maximum absolute atomic E-state index is 13.4. The highest BCUT2D eigenvalue weighted by Gasteiger charge is 2.22. The first-order valence-electron chi connectivity index (χ1n) is 12.1. The van der Waals surface area contributed by atoms with E-state index >= 15 is 0 Å². The normalized spacial score (nSPS) is 18.3. The average Bonchev–Trinajstić information content (AvgIpc) is 2.86. The highest BCUT2D eigenvalue weighted by Crippen LogP contribution is 2.23. The molecule has 1 amide bonds. The fourth-order valence-electron chi connectivity index (χ4n) is 4.59. The van der Waals surface area contributed by atoms with Crippen molar-refractivity contribution in [3.63, 3.8) is 0 Å². The zero-order valence-electron chi connectivity index (χ0n) is 19.6. The van der Waals surface area contributed by atoms with Gasteiger partial charge in [-0.1, -0.05) is 24.3 Å². The van der Waals surface area contributed by atoms with Crippen molar-refractivity contribution in [3.05, 3.63) is 71.3 Å². The van der Waals surface area contributed by atoms with E-state index in [-0.39, 0.29) is 17.5 Å². The Balaban J connectivity index is 1.25. The summed E-state index contributed by atoms with van der Waals surface area (Å²) in [5.74, 6) is -0.772. The molecule has 4 rings (SSSR count). The molecule has 2 aliphatic rings. The van der Waals surface area contributed by atoms with Gasteiger partial charge in [-0.2, -0.15) is 0 Å². The van der Waals surface area contributed by atoms with Crippen molar-refractivity contribution >= 4 is 5.91 Å². The summed E-state index contributed by atoms with van der Waals surface area (Å²) >= 11 is 0. The van der Waals surface area contributed by atoms with Crippen molar-refractivity contribution in [1.29, 1.82) is 0 Å². The molecule has 0 saturated carbocycles. The monoisotopic (exact) mass is 472 g/mol. The Morgan fingerprint density at radius 3 is 1.76 bits per heavy atom. The van der Waals surface area contributed by atoms with Crippen LogP contribution < -0.4 is 5.32 Å². The summed E-state index contributed by atoms with van der Waals surface area (Å²) in [6.07, 6.45) is 1.15. The van der Waals surface area contributed by atoms with Crippen LogP contribution in [0.3, 0.4) is 0 Å².